The summed E-state index contributed by atoms with van der Waals surface area (Å²) in [5.74, 6) is -0.185. The quantitative estimate of drug-likeness (QED) is 0.240. The Labute approximate surface area is 248 Å². The molecule has 2 amide bonds. The van der Waals surface area contributed by atoms with Gasteiger partial charge in [0.15, 0.2) is 5.54 Å². The number of aryl methyl sites for hydroxylation is 1. The van der Waals surface area contributed by atoms with Gasteiger partial charge in [-0.05, 0) is 54.7 Å². The Morgan fingerprint density at radius 3 is 2.48 bits per heavy atom. The van der Waals surface area contributed by atoms with Crippen molar-refractivity contribution in [2.45, 2.75) is 83.0 Å². The molecule has 208 valence electrons. The van der Waals surface area contributed by atoms with Crippen molar-refractivity contribution in [3.05, 3.63) is 92.9 Å². The van der Waals surface area contributed by atoms with E-state index in [-0.39, 0.29) is 17.9 Å². The molecule has 5 nitrogen and oxygen atoms in total. The zero-order valence-electron chi connectivity index (χ0n) is 23.0. The van der Waals surface area contributed by atoms with Crippen LogP contribution in [0.25, 0.3) is 10.2 Å². The number of carbonyl (C=O) groups excluding carboxylic acids is 2. The van der Waals surface area contributed by atoms with Gasteiger partial charge in [0.1, 0.15) is 5.69 Å². The molecular weight excluding hydrogens is 582 g/mol. The van der Waals surface area contributed by atoms with E-state index in [9.17, 15) is 9.59 Å². The lowest BCUT2D eigenvalue weighted by molar-refractivity contribution is -0.136. The predicted molar refractivity (Wildman–Crippen MR) is 166 cm³/mol. The number of halogens is 1. The summed E-state index contributed by atoms with van der Waals surface area (Å²) in [5.41, 5.74) is 2.35. The van der Waals surface area contributed by atoms with Gasteiger partial charge in [-0.15, -0.1) is 11.3 Å². The standard InChI is InChI=1S/C33H36BrN3O2S/c1-2-27-19-28-30(40-27)20-29-31(38)37(21-23-12-11-15-25(34)18-23)33(22-36(28)29,24-13-7-6-8-14-24)32(39)35-26-16-9-4-3-5-10-17-26/h6-8,11-15,18-20,26H,2-5,9-10,16-17,21-22H2,1H3,(H,35,39)/t33-/m1/s1. The fourth-order valence-electron chi connectivity index (χ4n) is 6.46. The third kappa shape index (κ3) is 5.03. The topological polar surface area (TPSA) is 54.3 Å². The van der Waals surface area contributed by atoms with E-state index in [1.807, 2.05) is 65.6 Å². The van der Waals surface area contributed by atoms with Gasteiger partial charge in [-0.1, -0.05) is 97.4 Å². The van der Waals surface area contributed by atoms with Crippen LogP contribution in [0.4, 0.5) is 0 Å². The minimum absolute atomic E-state index is 0.0777. The van der Waals surface area contributed by atoms with E-state index in [4.69, 9.17) is 0 Å². The van der Waals surface area contributed by atoms with E-state index in [0.29, 0.717) is 18.8 Å². The van der Waals surface area contributed by atoms with Crippen LogP contribution in [-0.4, -0.2) is 27.3 Å². The molecule has 0 unspecified atom stereocenters. The number of amides is 2. The van der Waals surface area contributed by atoms with Gasteiger partial charge in [-0.25, -0.2) is 0 Å². The number of fused-ring (bicyclic) bond motifs is 3. The summed E-state index contributed by atoms with van der Waals surface area (Å²) >= 11 is 5.33. The van der Waals surface area contributed by atoms with Gasteiger partial charge >= 0.3 is 0 Å². The van der Waals surface area contributed by atoms with Crippen molar-refractivity contribution >= 4 is 49.3 Å². The maximum atomic E-state index is 14.8. The normalized spacial score (nSPS) is 20.2. The molecular formula is C33H36BrN3O2S. The smallest absolute Gasteiger partial charge is 0.272 e. The van der Waals surface area contributed by atoms with Crippen molar-refractivity contribution in [2.75, 3.05) is 0 Å². The first-order valence-electron chi connectivity index (χ1n) is 14.5. The van der Waals surface area contributed by atoms with Gasteiger partial charge in [-0.3, -0.25) is 9.59 Å². The zero-order chi connectivity index (χ0) is 27.7. The fourth-order valence-corrected chi connectivity index (χ4v) is 7.95. The van der Waals surface area contributed by atoms with Gasteiger partial charge < -0.3 is 14.8 Å². The van der Waals surface area contributed by atoms with Crippen LogP contribution in [0, 0.1) is 0 Å². The van der Waals surface area contributed by atoms with Crippen molar-refractivity contribution < 1.29 is 9.59 Å². The molecule has 2 aromatic carbocycles. The Morgan fingerprint density at radius 2 is 1.75 bits per heavy atom. The molecule has 7 heteroatoms. The Bertz CT molecular complexity index is 1520. The molecule has 0 spiro atoms. The van der Waals surface area contributed by atoms with Gasteiger partial charge in [0.05, 0.1) is 16.8 Å². The van der Waals surface area contributed by atoms with Crippen molar-refractivity contribution in [3.63, 3.8) is 0 Å². The lowest BCUT2D eigenvalue weighted by Gasteiger charge is -2.47. The second kappa shape index (κ2) is 11.5. The second-order valence-electron chi connectivity index (χ2n) is 11.2. The van der Waals surface area contributed by atoms with Crippen molar-refractivity contribution in [1.29, 1.82) is 0 Å². The van der Waals surface area contributed by atoms with E-state index in [2.05, 4.69) is 38.8 Å². The van der Waals surface area contributed by atoms with E-state index in [0.717, 1.165) is 57.9 Å². The number of hydrogen-bond acceptors (Lipinski definition) is 3. The Balaban J connectivity index is 1.51. The first-order valence-corrected chi connectivity index (χ1v) is 16.2. The third-order valence-corrected chi connectivity index (χ3v) is 10.3. The first kappa shape index (κ1) is 27.3. The second-order valence-corrected chi connectivity index (χ2v) is 13.3. The van der Waals surface area contributed by atoms with Gasteiger partial charge in [-0.2, -0.15) is 0 Å². The molecule has 3 heterocycles. The largest absolute Gasteiger partial charge is 0.351 e. The van der Waals surface area contributed by atoms with Gasteiger partial charge in [0, 0.05) is 21.9 Å². The Hall–Kier alpha value is -2.90. The number of nitrogens with zero attached hydrogens (tertiary/aromatic N) is 2. The van der Waals surface area contributed by atoms with Crippen molar-refractivity contribution in [1.82, 2.24) is 14.8 Å². The highest BCUT2D eigenvalue weighted by Crippen LogP contribution is 2.42. The highest BCUT2D eigenvalue weighted by molar-refractivity contribution is 9.10. The summed E-state index contributed by atoms with van der Waals surface area (Å²) in [6, 6.07) is 22.3. The predicted octanol–water partition coefficient (Wildman–Crippen LogP) is 7.81. The molecule has 1 aliphatic carbocycles. The third-order valence-electron chi connectivity index (χ3n) is 8.60. The van der Waals surface area contributed by atoms with Gasteiger partial charge in [0.25, 0.3) is 11.8 Å². The molecule has 1 N–H and O–H groups in total. The first-order chi connectivity index (χ1) is 19.5. The zero-order valence-corrected chi connectivity index (χ0v) is 25.4. The SMILES string of the molecule is CCc1cc2c(cc3n2C[C@](C(=O)NC2CCCCCCC2)(c2ccccc2)N(Cc2cccc(Br)c2)C3=O)s1. The highest BCUT2D eigenvalue weighted by atomic mass is 79.9. The average molecular weight is 619 g/mol. The molecule has 0 radical (unpaired) electrons. The number of rotatable bonds is 6. The molecule has 0 saturated heterocycles. The fraction of sp³-hybridized carbons (Fsp3) is 0.394. The molecule has 0 bridgehead atoms. The monoisotopic (exact) mass is 617 g/mol. The van der Waals surface area contributed by atoms with Crippen LogP contribution in [0.2, 0.25) is 0 Å². The van der Waals surface area contributed by atoms with Crippen molar-refractivity contribution in [2.24, 2.45) is 0 Å². The Kier molecular flexibility index (Phi) is 7.87. The summed E-state index contributed by atoms with van der Waals surface area (Å²) in [4.78, 5) is 32.5. The summed E-state index contributed by atoms with van der Waals surface area (Å²) < 4.78 is 4.16. The van der Waals surface area contributed by atoms with Gasteiger partial charge in [0.2, 0.25) is 0 Å². The maximum absolute atomic E-state index is 14.8. The summed E-state index contributed by atoms with van der Waals surface area (Å²) in [6.07, 6.45) is 8.87. The van der Waals surface area contributed by atoms with Crippen LogP contribution in [-0.2, 0) is 29.8 Å². The Morgan fingerprint density at radius 1 is 1.00 bits per heavy atom. The van der Waals surface area contributed by atoms with E-state index in [1.165, 1.54) is 24.1 Å². The number of aromatic nitrogens is 1. The van der Waals surface area contributed by atoms with Crippen molar-refractivity contribution in [3.8, 4) is 0 Å². The molecule has 1 saturated carbocycles. The van der Waals surface area contributed by atoms with E-state index >= 15 is 0 Å². The number of hydrogen-bond donors (Lipinski definition) is 1. The lowest BCUT2D eigenvalue weighted by Crippen LogP contribution is -2.64. The van der Waals surface area contributed by atoms with Crippen LogP contribution >= 0.6 is 27.3 Å². The number of carbonyl (C=O) groups is 2. The average Bonchev–Trinajstić information content (AvgIpc) is 3.50. The minimum Gasteiger partial charge on any atom is -0.351 e. The molecule has 40 heavy (non-hydrogen) atoms. The molecule has 1 atom stereocenters. The molecule has 1 fully saturated rings. The highest BCUT2D eigenvalue weighted by Gasteiger charge is 2.53. The number of benzene rings is 2. The van der Waals surface area contributed by atoms with E-state index in [1.54, 1.807) is 11.3 Å². The van der Waals surface area contributed by atoms with Crippen LogP contribution in [0.5, 0.6) is 0 Å². The molecule has 4 aromatic rings. The number of nitrogens with one attached hydrogen (secondary N) is 1. The van der Waals surface area contributed by atoms with Crippen LogP contribution < -0.4 is 5.32 Å². The molecule has 1 aliphatic heterocycles. The lowest BCUT2D eigenvalue weighted by atomic mass is 9.83. The maximum Gasteiger partial charge on any atom is 0.272 e. The molecule has 2 aromatic heterocycles. The summed E-state index contributed by atoms with van der Waals surface area (Å²) in [5, 5.41) is 3.48. The van der Waals surface area contributed by atoms with Crippen LogP contribution in [0.1, 0.15) is 78.4 Å². The molecule has 2 aliphatic rings. The molecule has 6 rings (SSSR count). The van der Waals surface area contributed by atoms with Crippen LogP contribution in [0.15, 0.2) is 71.2 Å². The van der Waals surface area contributed by atoms with E-state index < -0.39 is 5.54 Å². The number of thiophene rings is 1. The summed E-state index contributed by atoms with van der Waals surface area (Å²) in [6.45, 7) is 2.88. The minimum atomic E-state index is -1.18. The summed E-state index contributed by atoms with van der Waals surface area (Å²) in [7, 11) is 0. The van der Waals surface area contributed by atoms with Crippen LogP contribution in [0.3, 0.4) is 0 Å².